The molecule has 1 aromatic heterocycles. The van der Waals surface area contributed by atoms with Crippen molar-refractivity contribution in [2.24, 2.45) is 10.1 Å². The summed E-state index contributed by atoms with van der Waals surface area (Å²) in [5.41, 5.74) is 3.66. The molecule has 0 aliphatic heterocycles. The van der Waals surface area contributed by atoms with Crippen LogP contribution in [0.4, 0.5) is 0 Å². The van der Waals surface area contributed by atoms with Crippen LogP contribution < -0.4 is 9.94 Å². The summed E-state index contributed by atoms with van der Waals surface area (Å²) in [5.74, 6) is -0.334. The van der Waals surface area contributed by atoms with Gasteiger partial charge in [-0.1, -0.05) is 60.7 Å². The predicted molar refractivity (Wildman–Crippen MR) is 127 cm³/mol. The van der Waals surface area contributed by atoms with Crippen molar-refractivity contribution >= 4 is 37.5 Å². The molecule has 1 heterocycles. The zero-order chi connectivity index (χ0) is 22.7. The molecule has 0 saturated carbocycles. The van der Waals surface area contributed by atoms with E-state index in [1.165, 1.54) is 29.0 Å². The van der Waals surface area contributed by atoms with Gasteiger partial charge in [0, 0.05) is 12.1 Å². The highest BCUT2D eigenvalue weighted by molar-refractivity contribution is 7.89. The van der Waals surface area contributed by atoms with Gasteiger partial charge in [-0.05, 0) is 54.3 Å². The van der Waals surface area contributed by atoms with Gasteiger partial charge in [0.1, 0.15) is 0 Å². The maximum atomic E-state index is 12.9. The molecule has 0 fully saturated rings. The fourth-order valence-electron chi connectivity index (χ4n) is 3.50. The highest BCUT2D eigenvalue weighted by atomic mass is 32.2. The van der Waals surface area contributed by atoms with Crippen molar-refractivity contribution < 1.29 is 13.2 Å². The number of thiazole rings is 1. The van der Waals surface area contributed by atoms with E-state index in [9.17, 15) is 13.2 Å². The van der Waals surface area contributed by atoms with Crippen LogP contribution in [-0.4, -0.2) is 18.9 Å². The number of nitrogens with two attached hydrogens (primary N) is 1. The van der Waals surface area contributed by atoms with Crippen molar-refractivity contribution in [3.63, 3.8) is 0 Å². The molecule has 164 valence electrons. The Bertz CT molecular complexity index is 1440. The zero-order valence-electron chi connectivity index (χ0n) is 17.6. The highest BCUT2D eigenvalue weighted by Crippen LogP contribution is 2.22. The van der Waals surface area contributed by atoms with Crippen LogP contribution in [0.2, 0.25) is 0 Å². The number of carbonyl (C=O) groups excluding carboxylic acids is 1. The molecular weight excluding hydrogens is 442 g/mol. The number of amides is 1. The molecule has 8 heteroatoms. The summed E-state index contributed by atoms with van der Waals surface area (Å²) in [4.78, 5) is 17.8. The lowest BCUT2D eigenvalue weighted by molar-refractivity contribution is 0.0998. The Kier molecular flexibility index (Phi) is 6.36. The monoisotopic (exact) mass is 465 g/mol. The first-order valence-electron chi connectivity index (χ1n) is 10.2. The van der Waals surface area contributed by atoms with Crippen LogP contribution in [0.5, 0.6) is 0 Å². The number of aryl methyl sites for hydroxylation is 1. The van der Waals surface area contributed by atoms with Crippen LogP contribution in [0, 0.1) is 0 Å². The Hall–Kier alpha value is -3.07. The first-order chi connectivity index (χ1) is 15.3. The van der Waals surface area contributed by atoms with Gasteiger partial charge in [-0.15, -0.1) is 0 Å². The molecule has 3 aromatic carbocycles. The summed E-state index contributed by atoms with van der Waals surface area (Å²) in [5, 5.41) is 5.26. The van der Waals surface area contributed by atoms with E-state index in [1.807, 2.05) is 41.8 Å². The first kappa shape index (κ1) is 22.1. The minimum absolute atomic E-state index is 0.0433. The van der Waals surface area contributed by atoms with Gasteiger partial charge in [-0.2, -0.15) is 4.99 Å². The van der Waals surface area contributed by atoms with Crippen LogP contribution in [0.25, 0.3) is 10.2 Å². The molecule has 1 amide bonds. The quantitative estimate of drug-likeness (QED) is 0.465. The first-order valence-corrected chi connectivity index (χ1v) is 12.6. The number of carbonyl (C=O) groups is 1. The van der Waals surface area contributed by atoms with E-state index in [1.54, 1.807) is 18.2 Å². The average molecular weight is 466 g/mol. The Labute approximate surface area is 190 Å². The van der Waals surface area contributed by atoms with Gasteiger partial charge in [-0.25, -0.2) is 13.6 Å². The molecule has 6 nitrogen and oxygen atoms in total. The molecular formula is C24H23N3O3S2. The summed E-state index contributed by atoms with van der Waals surface area (Å²) in [6, 6.07) is 22.3. The Morgan fingerprint density at radius 1 is 1.00 bits per heavy atom. The minimum atomic E-state index is -3.80. The number of primary sulfonamides is 1. The second-order valence-electron chi connectivity index (χ2n) is 7.49. The number of nitrogens with zero attached hydrogens (tertiary/aromatic N) is 2. The Balaban J connectivity index is 1.66. The molecule has 0 saturated heterocycles. The maximum Gasteiger partial charge on any atom is 0.279 e. The summed E-state index contributed by atoms with van der Waals surface area (Å²) in [6.07, 6.45) is 1.64. The Morgan fingerprint density at radius 2 is 1.69 bits per heavy atom. The number of rotatable bonds is 6. The molecule has 32 heavy (non-hydrogen) atoms. The normalized spacial score (nSPS) is 12.4. The van der Waals surface area contributed by atoms with E-state index < -0.39 is 10.0 Å². The number of aromatic nitrogens is 1. The lowest BCUT2D eigenvalue weighted by Gasteiger charge is -2.04. The molecule has 2 N–H and O–H groups in total. The largest absolute Gasteiger partial charge is 0.316 e. The van der Waals surface area contributed by atoms with E-state index in [0.717, 1.165) is 28.6 Å². The fraction of sp³-hybridized carbons (Fsp3) is 0.167. The maximum absolute atomic E-state index is 12.9. The number of fused-ring (bicyclic) bond motifs is 1. The molecule has 0 atom stereocenters. The van der Waals surface area contributed by atoms with Gasteiger partial charge in [0.05, 0.1) is 15.1 Å². The standard InChI is InChI=1S/C24H23N3O3S2/c1-2-14-27-21-13-12-20(32(25,29)30)16-22(21)31-24(27)26-23(28)19-10-8-18(9-11-19)15-17-6-4-3-5-7-17/h3-13,16H,2,14-15H2,1H3,(H2,25,29,30). The van der Waals surface area contributed by atoms with Crippen LogP contribution in [0.1, 0.15) is 34.8 Å². The predicted octanol–water partition coefficient (Wildman–Crippen LogP) is 4.09. The van der Waals surface area contributed by atoms with Crippen LogP contribution in [-0.2, 0) is 23.0 Å². The molecule has 4 aromatic rings. The number of sulfonamides is 1. The topological polar surface area (TPSA) is 94.5 Å². The molecule has 0 unspecified atom stereocenters. The van der Waals surface area contributed by atoms with Gasteiger partial charge in [0.25, 0.3) is 5.91 Å². The van der Waals surface area contributed by atoms with E-state index in [-0.39, 0.29) is 10.8 Å². The molecule has 4 rings (SSSR count). The lowest BCUT2D eigenvalue weighted by atomic mass is 10.0. The molecule has 0 aliphatic rings. The second kappa shape index (κ2) is 9.20. The van der Waals surface area contributed by atoms with Gasteiger partial charge < -0.3 is 4.57 Å². The summed E-state index contributed by atoms with van der Waals surface area (Å²) in [7, 11) is -3.80. The van der Waals surface area contributed by atoms with E-state index in [4.69, 9.17) is 5.14 Å². The fourth-order valence-corrected chi connectivity index (χ4v) is 5.21. The van der Waals surface area contributed by atoms with E-state index in [0.29, 0.717) is 16.9 Å². The van der Waals surface area contributed by atoms with Crippen molar-refractivity contribution in [2.45, 2.75) is 31.2 Å². The highest BCUT2D eigenvalue weighted by Gasteiger charge is 2.13. The summed E-state index contributed by atoms with van der Waals surface area (Å²) >= 11 is 1.28. The molecule has 0 aliphatic carbocycles. The van der Waals surface area contributed by atoms with E-state index in [2.05, 4.69) is 17.1 Å². The molecule has 0 radical (unpaired) electrons. The van der Waals surface area contributed by atoms with E-state index >= 15 is 0 Å². The zero-order valence-corrected chi connectivity index (χ0v) is 19.2. The number of benzene rings is 3. The van der Waals surface area contributed by atoms with Crippen molar-refractivity contribution in [1.82, 2.24) is 4.57 Å². The Morgan fingerprint density at radius 3 is 2.34 bits per heavy atom. The number of hydrogen-bond donors (Lipinski definition) is 1. The van der Waals surface area contributed by atoms with Gasteiger partial charge >= 0.3 is 0 Å². The van der Waals surface area contributed by atoms with Crippen LogP contribution in [0.15, 0.2) is 82.7 Å². The van der Waals surface area contributed by atoms with Crippen LogP contribution >= 0.6 is 11.3 Å². The van der Waals surface area contributed by atoms with Crippen molar-refractivity contribution in [3.8, 4) is 0 Å². The van der Waals surface area contributed by atoms with Gasteiger partial charge in [0.15, 0.2) is 4.80 Å². The second-order valence-corrected chi connectivity index (χ2v) is 10.1. The SMILES string of the molecule is CCCn1c(=NC(=O)c2ccc(Cc3ccccc3)cc2)sc2cc(S(N)(=O)=O)ccc21. The third-order valence-electron chi connectivity index (χ3n) is 5.08. The average Bonchev–Trinajstić information content (AvgIpc) is 3.11. The van der Waals surface area contributed by atoms with Gasteiger partial charge in [-0.3, -0.25) is 4.79 Å². The molecule has 0 bridgehead atoms. The minimum Gasteiger partial charge on any atom is -0.316 e. The van der Waals surface area contributed by atoms with Crippen molar-refractivity contribution in [2.75, 3.05) is 0 Å². The summed E-state index contributed by atoms with van der Waals surface area (Å²) in [6.45, 7) is 2.70. The lowest BCUT2D eigenvalue weighted by Crippen LogP contribution is -2.17. The van der Waals surface area contributed by atoms with Gasteiger partial charge in [0.2, 0.25) is 10.0 Å². The molecule has 0 spiro atoms. The van der Waals surface area contributed by atoms with Crippen LogP contribution in [0.3, 0.4) is 0 Å². The third kappa shape index (κ3) is 4.88. The van der Waals surface area contributed by atoms with Crippen molar-refractivity contribution in [1.29, 1.82) is 0 Å². The smallest absolute Gasteiger partial charge is 0.279 e. The summed E-state index contributed by atoms with van der Waals surface area (Å²) < 4.78 is 26.1. The third-order valence-corrected chi connectivity index (χ3v) is 7.03. The number of hydrogen-bond acceptors (Lipinski definition) is 4. The van der Waals surface area contributed by atoms with Crippen molar-refractivity contribution in [3.05, 3.63) is 94.3 Å².